The molecule has 4 aliphatic heterocycles. The molecule has 40 heavy (non-hydrogen) atoms. The summed E-state index contributed by atoms with van der Waals surface area (Å²) in [6.45, 7) is 3.55. The van der Waals surface area contributed by atoms with Gasteiger partial charge in [0.05, 0.1) is 12.5 Å². The van der Waals surface area contributed by atoms with Crippen LogP contribution in [0.4, 0.5) is 14.6 Å². The van der Waals surface area contributed by atoms with E-state index in [0.29, 0.717) is 47.5 Å². The smallest absolute Gasteiger partial charge is 0.318 e. The van der Waals surface area contributed by atoms with Crippen LogP contribution in [-0.2, 0) is 0 Å². The van der Waals surface area contributed by atoms with Gasteiger partial charge in [-0.15, -0.1) is 0 Å². The Morgan fingerprint density at radius 2 is 1.77 bits per heavy atom. The number of hydrogen-bond acceptors (Lipinski definition) is 7. The first-order chi connectivity index (χ1) is 19.6. The van der Waals surface area contributed by atoms with E-state index >= 15 is 4.39 Å². The van der Waals surface area contributed by atoms with E-state index in [4.69, 9.17) is 4.74 Å². The van der Waals surface area contributed by atoms with E-state index in [1.165, 1.54) is 31.9 Å². The molecule has 4 saturated heterocycles. The summed E-state index contributed by atoms with van der Waals surface area (Å²) >= 11 is 0. The molecule has 2 bridgehead atoms. The highest BCUT2D eigenvalue weighted by Gasteiger charge is 2.35. The molecule has 3 aromatic rings. The van der Waals surface area contributed by atoms with Crippen molar-refractivity contribution in [2.45, 2.75) is 81.6 Å². The molecule has 5 aliphatic rings. The highest BCUT2D eigenvalue weighted by Crippen LogP contribution is 2.42. The zero-order chi connectivity index (χ0) is 27.2. The molecule has 1 aromatic carbocycles. The number of piperazine rings is 1. The van der Waals surface area contributed by atoms with Crippen LogP contribution in [0, 0.1) is 5.82 Å². The van der Waals surface area contributed by atoms with Gasteiger partial charge >= 0.3 is 6.01 Å². The molecule has 0 radical (unpaired) electrons. The highest BCUT2D eigenvalue weighted by molar-refractivity contribution is 5.92. The lowest BCUT2D eigenvalue weighted by Gasteiger charge is -2.34. The highest BCUT2D eigenvalue weighted by atomic mass is 19.1. The van der Waals surface area contributed by atoms with Crippen molar-refractivity contribution >= 4 is 16.7 Å². The van der Waals surface area contributed by atoms with Crippen molar-refractivity contribution in [3.05, 3.63) is 41.8 Å². The Morgan fingerprint density at radius 1 is 0.975 bits per heavy atom. The number of hydrogen-bond donors (Lipinski definition) is 1. The molecule has 1 saturated carbocycles. The van der Waals surface area contributed by atoms with Gasteiger partial charge in [-0.3, -0.25) is 9.88 Å². The second-order valence-electron chi connectivity index (χ2n) is 12.1. The minimum Gasteiger partial charge on any atom is -0.467 e. The van der Waals surface area contributed by atoms with E-state index in [2.05, 4.69) is 36.1 Å². The van der Waals surface area contributed by atoms with Crippen LogP contribution < -0.4 is 15.0 Å². The third-order valence-electron chi connectivity index (χ3n) is 9.56. The Bertz CT molecular complexity index is 1360. The zero-order valence-corrected chi connectivity index (χ0v) is 23.2. The van der Waals surface area contributed by atoms with E-state index in [-0.39, 0.29) is 11.5 Å². The molecule has 0 spiro atoms. The minimum atomic E-state index is -0.518. The molecule has 9 heteroatoms. The number of nitrogens with one attached hydrogen (secondary N) is 1. The molecule has 6 heterocycles. The van der Waals surface area contributed by atoms with Gasteiger partial charge in [0, 0.05) is 49.5 Å². The van der Waals surface area contributed by atoms with E-state index in [9.17, 15) is 4.39 Å². The number of aromatic nitrogens is 3. The van der Waals surface area contributed by atoms with E-state index < -0.39 is 12.0 Å². The molecule has 0 amide bonds. The van der Waals surface area contributed by atoms with Gasteiger partial charge in [-0.05, 0) is 63.0 Å². The van der Waals surface area contributed by atoms with Crippen LogP contribution in [0.1, 0.15) is 62.8 Å². The summed E-state index contributed by atoms with van der Waals surface area (Å²) in [6, 6.07) is 9.74. The molecule has 7 nitrogen and oxygen atoms in total. The van der Waals surface area contributed by atoms with Crippen LogP contribution in [-0.4, -0.2) is 77.4 Å². The average molecular weight is 549 g/mol. The lowest BCUT2D eigenvalue weighted by Crippen LogP contribution is -2.51. The summed E-state index contributed by atoms with van der Waals surface area (Å²) in [5, 5.41) is 4.27. The van der Waals surface area contributed by atoms with Gasteiger partial charge in [0.1, 0.15) is 23.2 Å². The van der Waals surface area contributed by atoms with Crippen LogP contribution in [0.15, 0.2) is 30.5 Å². The van der Waals surface area contributed by atoms with Crippen molar-refractivity contribution < 1.29 is 13.5 Å². The maximum absolute atomic E-state index is 15.9. The predicted molar refractivity (Wildman–Crippen MR) is 152 cm³/mol. The SMILES string of the molecule is COc1nc(N2CC3CCC(C2)N3)c2cnc(-c3ccccc3C3CCC3)c(F)c2n1.FC1CC2CCCN2C1. The van der Waals surface area contributed by atoms with Gasteiger partial charge in [-0.2, -0.15) is 9.97 Å². The average Bonchev–Trinajstić information content (AvgIpc) is 3.62. The Balaban J connectivity index is 0.000000249. The second kappa shape index (κ2) is 10.8. The summed E-state index contributed by atoms with van der Waals surface area (Å²) < 4.78 is 33.9. The maximum Gasteiger partial charge on any atom is 0.318 e. The topological polar surface area (TPSA) is 66.4 Å². The summed E-state index contributed by atoms with van der Waals surface area (Å²) in [6.07, 6.45) is 10.4. The van der Waals surface area contributed by atoms with E-state index in [1.807, 2.05) is 18.2 Å². The van der Waals surface area contributed by atoms with Gasteiger partial charge in [-0.25, -0.2) is 8.78 Å². The summed E-state index contributed by atoms with van der Waals surface area (Å²) in [4.78, 5) is 18.1. The van der Waals surface area contributed by atoms with Gasteiger partial charge < -0.3 is 15.0 Å². The van der Waals surface area contributed by atoms with Gasteiger partial charge in [0.25, 0.3) is 0 Å². The van der Waals surface area contributed by atoms with E-state index in [1.54, 1.807) is 6.20 Å². The molecule has 1 aliphatic carbocycles. The molecule has 2 aromatic heterocycles. The molecular formula is C31H38F2N6O. The van der Waals surface area contributed by atoms with Crippen molar-refractivity contribution in [3.8, 4) is 17.3 Å². The Morgan fingerprint density at radius 3 is 2.50 bits per heavy atom. The van der Waals surface area contributed by atoms with Crippen LogP contribution in [0.2, 0.25) is 0 Å². The first-order valence-electron chi connectivity index (χ1n) is 15.0. The van der Waals surface area contributed by atoms with Crippen molar-refractivity contribution in [2.75, 3.05) is 38.2 Å². The number of anilines is 1. The number of ether oxygens (including phenoxy) is 1. The Labute approximate surface area is 234 Å². The summed E-state index contributed by atoms with van der Waals surface area (Å²) in [5.74, 6) is 0.801. The number of methoxy groups -OCH3 is 1. The number of nitrogens with zero attached hydrogens (tertiary/aromatic N) is 5. The van der Waals surface area contributed by atoms with E-state index in [0.717, 1.165) is 57.3 Å². The van der Waals surface area contributed by atoms with Crippen LogP contribution in [0.3, 0.4) is 0 Å². The lowest BCUT2D eigenvalue weighted by atomic mass is 9.77. The Hall–Kier alpha value is -2.91. The van der Waals surface area contributed by atoms with Crippen LogP contribution in [0.25, 0.3) is 22.2 Å². The molecule has 5 fully saturated rings. The number of pyridine rings is 1. The fourth-order valence-corrected chi connectivity index (χ4v) is 7.33. The van der Waals surface area contributed by atoms with Crippen molar-refractivity contribution in [2.24, 2.45) is 0 Å². The van der Waals surface area contributed by atoms with Crippen LogP contribution >= 0.6 is 0 Å². The summed E-state index contributed by atoms with van der Waals surface area (Å²) in [5.41, 5.74) is 2.69. The maximum atomic E-state index is 15.9. The first-order valence-corrected chi connectivity index (χ1v) is 15.0. The third kappa shape index (κ3) is 4.81. The van der Waals surface area contributed by atoms with Crippen molar-refractivity contribution in [1.82, 2.24) is 25.2 Å². The number of benzene rings is 1. The molecule has 1 N–H and O–H groups in total. The molecule has 4 unspecified atom stereocenters. The standard InChI is InChI=1S/C24H26FN5O.C7H12FN/c1-31-24-28-22-19(23(29-24)30-12-15-9-10-16(13-30)27-15)11-26-21(20(22)25)18-8-3-2-7-17(18)14-5-4-6-14;8-6-4-7-2-1-3-9(7)5-6/h2-3,7-8,11,14-16,27H,4-6,9-10,12-13H2,1H3;6-7H,1-5H2. The molecule has 212 valence electrons. The largest absolute Gasteiger partial charge is 0.467 e. The normalized spacial score (nSPS) is 27.8. The second-order valence-corrected chi connectivity index (χ2v) is 12.1. The van der Waals surface area contributed by atoms with Crippen molar-refractivity contribution in [1.29, 1.82) is 0 Å². The van der Waals surface area contributed by atoms with Crippen LogP contribution in [0.5, 0.6) is 6.01 Å². The van der Waals surface area contributed by atoms with Gasteiger partial charge in [0.2, 0.25) is 0 Å². The van der Waals surface area contributed by atoms with Gasteiger partial charge in [-0.1, -0.05) is 30.7 Å². The third-order valence-corrected chi connectivity index (χ3v) is 9.56. The molecule has 4 atom stereocenters. The molecular weight excluding hydrogens is 510 g/mol. The fourth-order valence-electron chi connectivity index (χ4n) is 7.33. The Kier molecular flexibility index (Phi) is 7.04. The molecule has 8 rings (SSSR count). The summed E-state index contributed by atoms with van der Waals surface area (Å²) in [7, 11) is 1.53. The zero-order valence-electron chi connectivity index (χ0n) is 23.2. The monoisotopic (exact) mass is 548 g/mol. The number of alkyl halides is 1. The van der Waals surface area contributed by atoms with Crippen molar-refractivity contribution in [3.63, 3.8) is 0 Å². The minimum absolute atomic E-state index is 0.191. The predicted octanol–water partition coefficient (Wildman–Crippen LogP) is 5.24. The van der Waals surface area contributed by atoms with Gasteiger partial charge in [0.15, 0.2) is 5.82 Å². The first kappa shape index (κ1) is 26.0. The number of fused-ring (bicyclic) bond motifs is 4. The quantitative estimate of drug-likeness (QED) is 0.478. The number of rotatable bonds is 4. The lowest BCUT2D eigenvalue weighted by molar-refractivity contribution is 0.292. The number of halogens is 2. The fraction of sp³-hybridized carbons (Fsp3) is 0.581.